The van der Waals surface area contributed by atoms with E-state index in [2.05, 4.69) is 43.3 Å². The van der Waals surface area contributed by atoms with Gasteiger partial charge in [0.25, 0.3) is 0 Å². The Morgan fingerprint density at radius 3 is 2.24 bits per heavy atom. The normalized spacial score (nSPS) is 16.2. The molecule has 0 aromatic carbocycles. The van der Waals surface area contributed by atoms with Gasteiger partial charge in [0, 0.05) is 24.6 Å². The molecule has 0 spiro atoms. The number of hydrogen-bond acceptors (Lipinski definition) is 4. The van der Waals surface area contributed by atoms with E-state index >= 15 is 0 Å². The van der Waals surface area contributed by atoms with Crippen LogP contribution in [0.2, 0.25) is 0 Å². The van der Waals surface area contributed by atoms with Gasteiger partial charge in [-0.05, 0) is 32.6 Å². The summed E-state index contributed by atoms with van der Waals surface area (Å²) in [6.45, 7) is 10.4. The van der Waals surface area contributed by atoms with Crippen molar-refractivity contribution in [1.82, 2.24) is 9.97 Å². The lowest BCUT2D eigenvalue weighted by atomic mass is 9.89. The number of aromatic nitrogens is 2. The first-order chi connectivity index (χ1) is 10.1. The third kappa shape index (κ3) is 4.32. The van der Waals surface area contributed by atoms with Crippen molar-refractivity contribution in [3.63, 3.8) is 0 Å². The standard InChI is InChI=1S/C17H30N4/c1-5-18-16-13(4)17(21-15(20-16)12(2)3)19-11-14-9-7-6-8-10-14/h12,14H,5-11H2,1-4H3,(H2,18,19,20,21). The van der Waals surface area contributed by atoms with Gasteiger partial charge >= 0.3 is 0 Å². The van der Waals surface area contributed by atoms with Gasteiger partial charge in [0.15, 0.2) is 0 Å². The van der Waals surface area contributed by atoms with E-state index in [0.717, 1.165) is 42.0 Å². The highest BCUT2D eigenvalue weighted by Crippen LogP contribution is 2.26. The quantitative estimate of drug-likeness (QED) is 0.818. The van der Waals surface area contributed by atoms with Crippen LogP contribution in [0, 0.1) is 12.8 Å². The Morgan fingerprint density at radius 2 is 1.67 bits per heavy atom. The highest BCUT2D eigenvalue weighted by atomic mass is 15.1. The molecule has 1 heterocycles. The average Bonchev–Trinajstić information content (AvgIpc) is 2.49. The largest absolute Gasteiger partial charge is 0.370 e. The summed E-state index contributed by atoms with van der Waals surface area (Å²) in [6, 6.07) is 0. The van der Waals surface area contributed by atoms with Crippen molar-refractivity contribution in [2.24, 2.45) is 5.92 Å². The van der Waals surface area contributed by atoms with Crippen LogP contribution in [0.4, 0.5) is 11.6 Å². The summed E-state index contributed by atoms with van der Waals surface area (Å²) in [4.78, 5) is 9.39. The van der Waals surface area contributed by atoms with Gasteiger partial charge in [-0.25, -0.2) is 9.97 Å². The van der Waals surface area contributed by atoms with E-state index in [9.17, 15) is 0 Å². The van der Waals surface area contributed by atoms with Crippen molar-refractivity contribution in [1.29, 1.82) is 0 Å². The molecule has 0 saturated heterocycles. The second-order valence-electron chi connectivity index (χ2n) is 6.47. The second kappa shape index (κ2) is 7.62. The molecule has 4 heteroatoms. The van der Waals surface area contributed by atoms with Crippen molar-refractivity contribution >= 4 is 11.6 Å². The van der Waals surface area contributed by atoms with Gasteiger partial charge < -0.3 is 10.6 Å². The summed E-state index contributed by atoms with van der Waals surface area (Å²) >= 11 is 0. The van der Waals surface area contributed by atoms with Gasteiger partial charge in [0.2, 0.25) is 0 Å². The molecule has 1 aliphatic carbocycles. The molecule has 1 aromatic heterocycles. The van der Waals surface area contributed by atoms with Crippen LogP contribution in [0.3, 0.4) is 0 Å². The molecule has 0 amide bonds. The zero-order chi connectivity index (χ0) is 15.2. The highest BCUT2D eigenvalue weighted by molar-refractivity contribution is 5.57. The van der Waals surface area contributed by atoms with Crippen LogP contribution in [0.25, 0.3) is 0 Å². The number of rotatable bonds is 6. The zero-order valence-electron chi connectivity index (χ0n) is 14.0. The van der Waals surface area contributed by atoms with Gasteiger partial charge in [-0.3, -0.25) is 0 Å². The molecule has 0 radical (unpaired) electrons. The van der Waals surface area contributed by atoms with E-state index in [-0.39, 0.29) is 0 Å². The number of nitrogens with zero attached hydrogens (tertiary/aromatic N) is 2. The van der Waals surface area contributed by atoms with Crippen LogP contribution in [-0.2, 0) is 0 Å². The van der Waals surface area contributed by atoms with Crippen molar-refractivity contribution < 1.29 is 0 Å². The predicted molar refractivity (Wildman–Crippen MR) is 90.1 cm³/mol. The minimum Gasteiger partial charge on any atom is -0.370 e. The molecule has 118 valence electrons. The minimum atomic E-state index is 0.346. The molecular weight excluding hydrogens is 260 g/mol. The first-order valence-electron chi connectivity index (χ1n) is 8.48. The van der Waals surface area contributed by atoms with Crippen molar-refractivity contribution in [3.05, 3.63) is 11.4 Å². The number of hydrogen-bond donors (Lipinski definition) is 2. The van der Waals surface area contributed by atoms with Crippen LogP contribution in [0.15, 0.2) is 0 Å². The van der Waals surface area contributed by atoms with Crippen molar-refractivity contribution in [3.8, 4) is 0 Å². The lowest BCUT2D eigenvalue weighted by Crippen LogP contribution is -2.19. The fourth-order valence-corrected chi connectivity index (χ4v) is 2.94. The van der Waals surface area contributed by atoms with Crippen LogP contribution in [0.5, 0.6) is 0 Å². The Kier molecular flexibility index (Phi) is 5.83. The maximum atomic E-state index is 4.74. The minimum absolute atomic E-state index is 0.346. The van der Waals surface area contributed by atoms with Crippen LogP contribution >= 0.6 is 0 Å². The van der Waals surface area contributed by atoms with E-state index in [1.807, 2.05) is 0 Å². The molecule has 0 aliphatic heterocycles. The Hall–Kier alpha value is -1.32. The first-order valence-corrected chi connectivity index (χ1v) is 8.48. The molecule has 2 rings (SSSR count). The van der Waals surface area contributed by atoms with E-state index in [1.54, 1.807) is 0 Å². The van der Waals surface area contributed by atoms with Crippen molar-refractivity contribution in [2.75, 3.05) is 23.7 Å². The lowest BCUT2D eigenvalue weighted by Gasteiger charge is -2.23. The highest BCUT2D eigenvalue weighted by Gasteiger charge is 2.16. The number of anilines is 2. The topological polar surface area (TPSA) is 49.8 Å². The number of nitrogens with one attached hydrogen (secondary N) is 2. The Morgan fingerprint density at radius 1 is 1.05 bits per heavy atom. The summed E-state index contributed by atoms with van der Waals surface area (Å²) in [5.74, 6) is 4.05. The Bertz CT molecular complexity index is 450. The van der Waals surface area contributed by atoms with Crippen LogP contribution in [-0.4, -0.2) is 23.1 Å². The van der Waals surface area contributed by atoms with Crippen LogP contribution in [0.1, 0.15) is 70.2 Å². The molecule has 2 N–H and O–H groups in total. The van der Waals surface area contributed by atoms with E-state index in [0.29, 0.717) is 5.92 Å². The van der Waals surface area contributed by atoms with Gasteiger partial charge in [0.1, 0.15) is 17.5 Å². The Balaban J connectivity index is 2.12. The third-order valence-electron chi connectivity index (χ3n) is 4.31. The molecule has 1 aromatic rings. The molecule has 0 bridgehead atoms. The van der Waals surface area contributed by atoms with Gasteiger partial charge in [0.05, 0.1) is 0 Å². The first kappa shape index (κ1) is 16.1. The molecular formula is C17H30N4. The fraction of sp³-hybridized carbons (Fsp3) is 0.765. The zero-order valence-corrected chi connectivity index (χ0v) is 14.0. The van der Waals surface area contributed by atoms with Gasteiger partial charge in [-0.1, -0.05) is 33.1 Å². The summed E-state index contributed by atoms with van der Waals surface area (Å²) in [6.07, 6.45) is 6.89. The smallest absolute Gasteiger partial charge is 0.135 e. The Labute approximate surface area is 129 Å². The summed E-state index contributed by atoms with van der Waals surface area (Å²) in [5.41, 5.74) is 1.14. The molecule has 0 unspecified atom stereocenters. The SMILES string of the molecule is CCNc1nc(C(C)C)nc(NCC2CCCCC2)c1C. The fourth-order valence-electron chi connectivity index (χ4n) is 2.94. The molecule has 1 fully saturated rings. The molecule has 21 heavy (non-hydrogen) atoms. The maximum Gasteiger partial charge on any atom is 0.135 e. The van der Waals surface area contributed by atoms with E-state index in [4.69, 9.17) is 4.98 Å². The summed E-state index contributed by atoms with van der Waals surface area (Å²) in [7, 11) is 0. The lowest BCUT2D eigenvalue weighted by molar-refractivity contribution is 0.373. The molecule has 1 aliphatic rings. The van der Waals surface area contributed by atoms with Crippen molar-refractivity contribution in [2.45, 2.75) is 65.7 Å². The van der Waals surface area contributed by atoms with Gasteiger partial charge in [-0.2, -0.15) is 0 Å². The molecule has 4 nitrogen and oxygen atoms in total. The van der Waals surface area contributed by atoms with E-state index < -0.39 is 0 Å². The van der Waals surface area contributed by atoms with Crippen LogP contribution < -0.4 is 10.6 Å². The maximum absolute atomic E-state index is 4.74. The third-order valence-corrected chi connectivity index (χ3v) is 4.31. The monoisotopic (exact) mass is 290 g/mol. The second-order valence-corrected chi connectivity index (χ2v) is 6.47. The predicted octanol–water partition coefficient (Wildman–Crippen LogP) is 4.33. The summed E-state index contributed by atoms with van der Waals surface area (Å²) < 4.78 is 0. The average molecular weight is 290 g/mol. The van der Waals surface area contributed by atoms with E-state index in [1.165, 1.54) is 32.1 Å². The molecule has 0 atom stereocenters. The molecule has 1 saturated carbocycles. The van der Waals surface area contributed by atoms with Gasteiger partial charge in [-0.15, -0.1) is 0 Å². The summed E-state index contributed by atoms with van der Waals surface area (Å²) in [5, 5.41) is 6.94.